The van der Waals surface area contributed by atoms with Crippen molar-refractivity contribution in [3.8, 4) is 0 Å². The van der Waals surface area contributed by atoms with Crippen LogP contribution >= 0.6 is 91.8 Å². The van der Waals surface area contributed by atoms with E-state index in [1.807, 2.05) is 0 Å². The van der Waals surface area contributed by atoms with Crippen molar-refractivity contribution in [1.82, 2.24) is 0 Å². The molecule has 0 aliphatic heterocycles. The fourth-order valence-corrected chi connectivity index (χ4v) is 22.6. The molecule has 2 aliphatic rings. The minimum Gasteiger partial charge on any atom is -0.0961 e. The molecule has 0 spiro atoms. The van der Waals surface area contributed by atoms with Gasteiger partial charge in [0.05, 0.1) is 0 Å². The second-order valence-corrected chi connectivity index (χ2v) is 49.5. The molecule has 0 aromatic carbocycles. The van der Waals surface area contributed by atoms with Crippen LogP contribution in [-0.2, 0) is 0 Å². The Bertz CT molecular complexity index is 272. The Morgan fingerprint density at radius 2 is 1.60 bits per heavy atom. The Hall–Kier alpha value is 3.31. The van der Waals surface area contributed by atoms with E-state index in [0.29, 0.717) is 5.04 Å². The molecule has 2 fully saturated rings. The van der Waals surface area contributed by atoms with Gasteiger partial charge in [0, 0.05) is 0 Å². The van der Waals surface area contributed by atoms with E-state index in [-0.39, 0.29) is 0 Å². The normalized spacial score (nSPS) is 41.2. The third kappa shape index (κ3) is 2.63. The molecule has 0 nitrogen and oxygen atoms in total. The summed E-state index contributed by atoms with van der Waals surface area (Å²) in [5.74, 6) is 0.939. The topological polar surface area (TPSA) is 0 Å². The number of rotatable bonds is 2. The van der Waals surface area contributed by atoms with Crippen LogP contribution in [0.5, 0.6) is 0 Å². The zero-order valence-corrected chi connectivity index (χ0v) is 19.3. The van der Waals surface area contributed by atoms with Crippen LogP contribution in [0, 0.1) is 5.92 Å². The van der Waals surface area contributed by atoms with Gasteiger partial charge in [-0.05, 0) is 35.8 Å². The first-order valence-corrected chi connectivity index (χ1v) is 22.4. The lowest BCUT2D eigenvalue weighted by molar-refractivity contribution is 0.487. The molecule has 88 valence electrons. The van der Waals surface area contributed by atoms with Crippen LogP contribution in [0.15, 0.2) is 0 Å². The van der Waals surface area contributed by atoms with Crippen molar-refractivity contribution in [1.29, 1.82) is 0 Å². The van der Waals surface area contributed by atoms with Gasteiger partial charge in [0.25, 0.3) is 7.86 Å². The smallest absolute Gasteiger partial charge is 0.0961 e. The molecule has 2 saturated carbocycles. The average molecular weight is 630 g/mol. The number of fused-ring (bicyclic) bond motifs is 2. The minimum atomic E-state index is -1.62. The van der Waals surface area contributed by atoms with Gasteiger partial charge in [-0.25, -0.2) is 0 Å². The zero-order chi connectivity index (χ0) is 11.5. The van der Waals surface area contributed by atoms with Gasteiger partial charge >= 0.3 is 0 Å². The van der Waals surface area contributed by atoms with Gasteiger partial charge in [0.15, 0.2) is 0 Å². The third-order valence-electron chi connectivity index (χ3n) is 3.85. The molecule has 15 heavy (non-hydrogen) atoms. The highest BCUT2D eigenvalue weighted by molar-refractivity contribution is 9.72. The predicted molar refractivity (Wildman–Crippen MR) is 93.5 cm³/mol. The fraction of sp³-hybridized carbons (Fsp3) is 1.00. The lowest BCUT2D eigenvalue weighted by Gasteiger charge is -2.43. The van der Waals surface area contributed by atoms with Crippen molar-refractivity contribution in [2.24, 2.45) is 5.92 Å². The van der Waals surface area contributed by atoms with Crippen LogP contribution in [0.1, 0.15) is 25.7 Å². The lowest BCUT2D eigenvalue weighted by Crippen LogP contribution is -2.38. The summed E-state index contributed by atoms with van der Waals surface area (Å²) in [4.78, 5) is 0. The quantitative estimate of drug-likeness (QED) is 0.240. The zero-order valence-electron chi connectivity index (χ0n) is 7.75. The van der Waals surface area contributed by atoms with Gasteiger partial charge in [-0.15, -0.1) is 0 Å². The van der Waals surface area contributed by atoms with Gasteiger partial charge in [0.2, 0.25) is 0 Å². The highest BCUT2D eigenvalue weighted by Crippen LogP contribution is 2.77. The van der Waals surface area contributed by atoms with Crippen molar-refractivity contribution in [3.05, 3.63) is 0 Å². The van der Waals surface area contributed by atoms with Crippen molar-refractivity contribution in [3.63, 3.8) is 0 Å². The largest absolute Gasteiger partial charge is 0.273 e. The minimum absolute atomic E-state index is 0.459. The van der Waals surface area contributed by atoms with Crippen molar-refractivity contribution in [2.75, 3.05) is 0 Å². The molecule has 0 saturated heterocycles. The Kier molecular flexibility index (Phi) is 4.61. The van der Waals surface area contributed by atoms with Crippen LogP contribution in [0.25, 0.3) is 0 Å². The second kappa shape index (κ2) is 4.70. The highest BCUT2D eigenvalue weighted by atomic mass is 80.0. The Labute approximate surface area is 140 Å². The van der Waals surface area contributed by atoms with Gasteiger partial charge in [-0.1, -0.05) is 98.2 Å². The van der Waals surface area contributed by atoms with Crippen LogP contribution in [-0.4, -0.2) is 7.86 Å². The lowest BCUT2D eigenvalue weighted by atomic mass is 9.99. The number of hydrogen-bond donors (Lipinski definition) is 0. The maximum absolute atomic E-state index is 3.91. The Morgan fingerprint density at radius 3 is 1.93 bits per heavy atom. The van der Waals surface area contributed by atoms with E-state index in [1.54, 1.807) is 0 Å². The van der Waals surface area contributed by atoms with Crippen LogP contribution in [0.3, 0.4) is 0 Å². The molecule has 3 atom stereocenters. The summed E-state index contributed by atoms with van der Waals surface area (Å²) in [6.07, 6.45) is 5.51. The molecule has 2 aliphatic carbocycles. The van der Waals surface area contributed by atoms with Crippen LogP contribution < -0.4 is 0 Å². The number of hydrogen-bond acceptors (Lipinski definition) is 0. The Morgan fingerprint density at radius 1 is 1.00 bits per heavy atom. The van der Waals surface area contributed by atoms with Crippen molar-refractivity contribution >= 4 is 99.6 Å². The number of halogens is 6. The van der Waals surface area contributed by atoms with Crippen molar-refractivity contribution < 1.29 is 0 Å². The van der Waals surface area contributed by atoms with Gasteiger partial charge < -0.3 is 0 Å². The summed E-state index contributed by atoms with van der Waals surface area (Å²) < 4.78 is -3.20. The maximum atomic E-state index is 3.91. The van der Waals surface area contributed by atoms with E-state index >= 15 is 0 Å². The third-order valence-corrected chi connectivity index (χ3v) is 19.7. The van der Waals surface area contributed by atoms with Crippen molar-refractivity contribution in [2.45, 2.75) is 36.3 Å². The van der Waals surface area contributed by atoms with E-state index in [2.05, 4.69) is 91.8 Å². The standard InChI is InChI=1S/C7H10Br6Si2/c8-14(9,10)6-3-5-1-2-7(6,4-5)15(11,12)13/h5-6H,1-4H2. The molecular weight excluding hydrogens is 620 g/mol. The Balaban J connectivity index is 2.36. The SMILES string of the molecule is Br[Si](Br)(Br)C1CC2CCC1([Si](Br)(Br)Br)C2. The van der Waals surface area contributed by atoms with Crippen LogP contribution in [0.2, 0.25) is 10.6 Å². The van der Waals surface area contributed by atoms with E-state index in [9.17, 15) is 0 Å². The first kappa shape index (κ1) is 14.7. The van der Waals surface area contributed by atoms with E-state index in [1.165, 1.54) is 25.7 Å². The molecule has 0 radical (unpaired) electrons. The van der Waals surface area contributed by atoms with Gasteiger partial charge in [-0.3, -0.25) is 0 Å². The predicted octanol–water partition coefficient (Wildman–Crippen LogP) is 6.55. The molecule has 2 rings (SSSR count). The summed E-state index contributed by atoms with van der Waals surface area (Å²) in [6, 6.07) is 0. The van der Waals surface area contributed by atoms with Gasteiger partial charge in [0.1, 0.15) is 0 Å². The molecule has 0 N–H and O–H groups in total. The monoisotopic (exact) mass is 624 g/mol. The van der Waals surface area contributed by atoms with Gasteiger partial charge in [-0.2, -0.15) is 0 Å². The first-order chi connectivity index (χ1) is 6.67. The molecule has 0 aromatic heterocycles. The second-order valence-electron chi connectivity index (χ2n) is 4.59. The molecule has 0 heterocycles. The molecular formula is C7H10Br6Si2. The van der Waals surface area contributed by atoms with E-state index in [0.717, 1.165) is 11.5 Å². The first-order valence-electron chi connectivity index (χ1n) is 4.80. The summed E-state index contributed by atoms with van der Waals surface area (Å²) in [7, 11) is 0. The molecule has 0 amide bonds. The summed E-state index contributed by atoms with van der Waals surface area (Å²) in [5, 5.41) is 0.459. The highest BCUT2D eigenvalue weighted by Gasteiger charge is 2.66. The fourth-order valence-electron chi connectivity index (χ4n) is 3.16. The molecule has 2 bridgehead atoms. The average Bonchev–Trinajstić information content (AvgIpc) is 2.57. The summed E-state index contributed by atoms with van der Waals surface area (Å²) in [5.41, 5.74) is 0.758. The van der Waals surface area contributed by atoms with E-state index in [4.69, 9.17) is 0 Å². The maximum Gasteiger partial charge on any atom is 0.273 e. The molecule has 3 unspecified atom stereocenters. The molecule has 8 heteroatoms. The molecule has 0 aromatic rings. The summed E-state index contributed by atoms with van der Waals surface area (Å²) in [6.45, 7) is 0. The van der Waals surface area contributed by atoms with E-state index < -0.39 is 7.86 Å². The van der Waals surface area contributed by atoms with Crippen LogP contribution in [0.4, 0.5) is 0 Å². The summed E-state index contributed by atoms with van der Waals surface area (Å²) >= 11 is 23.3.